The van der Waals surface area contributed by atoms with Crippen molar-refractivity contribution in [2.24, 2.45) is 0 Å². The fourth-order valence-electron chi connectivity index (χ4n) is 7.98. The Morgan fingerprint density at radius 1 is 1.25 bits per heavy atom. The number of aliphatic hydroxyl groups is 1. The average Bonchev–Trinajstić information content (AvgIpc) is 3.86. The minimum atomic E-state index is -0.431. The summed E-state index contributed by atoms with van der Waals surface area (Å²) in [5, 5.41) is 35.2. The number of nitriles is 1. The predicted molar refractivity (Wildman–Crippen MR) is 164 cm³/mol. The average molecular weight is 611 g/mol. The van der Waals surface area contributed by atoms with E-state index in [2.05, 4.69) is 35.2 Å². The topological polar surface area (TPSA) is 161 Å². The summed E-state index contributed by atoms with van der Waals surface area (Å²) in [6.07, 6.45) is 11.3. The van der Waals surface area contributed by atoms with Gasteiger partial charge < -0.3 is 20.3 Å². The monoisotopic (exact) mass is 610 g/mol. The maximum absolute atomic E-state index is 10.1. The molecule has 1 saturated heterocycles. The zero-order valence-electron chi connectivity index (χ0n) is 24.8. The first kappa shape index (κ1) is 27.4. The van der Waals surface area contributed by atoms with E-state index in [-0.39, 0.29) is 12.6 Å². The van der Waals surface area contributed by atoms with Crippen molar-refractivity contribution in [3.8, 4) is 23.4 Å². The highest BCUT2D eigenvalue weighted by atomic mass is 32.1. The van der Waals surface area contributed by atoms with Crippen molar-refractivity contribution in [3.63, 3.8) is 0 Å². The van der Waals surface area contributed by atoms with Gasteiger partial charge in [-0.25, -0.2) is 19.3 Å². The molecule has 13 heteroatoms. The third-order valence-electron chi connectivity index (χ3n) is 10.0. The summed E-state index contributed by atoms with van der Waals surface area (Å²) in [5.74, 6) is 1.84. The highest BCUT2D eigenvalue weighted by Crippen LogP contribution is 2.55. The van der Waals surface area contributed by atoms with Crippen LogP contribution in [-0.4, -0.2) is 64.3 Å². The largest absolute Gasteiger partial charge is 0.390 e. The fourth-order valence-corrected chi connectivity index (χ4v) is 9.14. The summed E-state index contributed by atoms with van der Waals surface area (Å²) >= 11 is 1.54. The molecule has 0 bridgehead atoms. The van der Waals surface area contributed by atoms with Gasteiger partial charge >= 0.3 is 0 Å². The maximum Gasteiger partial charge on any atom is 0.186 e. The molecule has 3 N–H and O–H groups in total. The van der Waals surface area contributed by atoms with Crippen molar-refractivity contribution in [2.75, 3.05) is 19.3 Å². The molecule has 5 aromatic rings. The standard InChI is InChI=1S/C31H34N10O2S/c1-17(22-7-5-12-39(22)2)41-30-21(15-34-41)29(40-13-9-18(16-42)37-40)35-28(36-30)25-19-6-3-10-31(26(19)43-38-25)11-4-8-23-24(31)20(14-32)27(33)44-23/h9,13,15,17,22,42H,3-8,10-12,16,33H2,1-2H3/t17-,22-,31-/m0/s1. The molecule has 0 saturated carbocycles. The van der Waals surface area contributed by atoms with Crippen LogP contribution in [0.25, 0.3) is 28.4 Å². The molecule has 226 valence electrons. The molecule has 44 heavy (non-hydrogen) atoms. The van der Waals surface area contributed by atoms with E-state index < -0.39 is 5.41 Å². The first-order valence-electron chi connectivity index (χ1n) is 15.4. The SMILES string of the molecule is C[C@@H]([C@@H]1CCCN1C)n1ncc2c(-n3ccc(CO)n3)nc(-c3noc4c3CCC[C@@]43CCCc4sc(N)c(C#N)c43)nc21. The Bertz CT molecular complexity index is 1940. The van der Waals surface area contributed by atoms with Crippen LogP contribution in [0.4, 0.5) is 5.00 Å². The number of anilines is 1. The van der Waals surface area contributed by atoms with E-state index in [1.54, 1.807) is 23.1 Å². The number of hydrogen-bond acceptors (Lipinski definition) is 11. The third kappa shape index (κ3) is 3.90. The van der Waals surface area contributed by atoms with E-state index in [0.717, 1.165) is 80.2 Å². The van der Waals surface area contributed by atoms with Crippen LogP contribution in [0.2, 0.25) is 0 Å². The Kier molecular flexibility index (Phi) is 6.37. The second kappa shape index (κ2) is 10.2. The number of likely N-dealkylation sites (tertiary alicyclic amines) is 1. The minimum Gasteiger partial charge on any atom is -0.390 e. The van der Waals surface area contributed by atoms with Crippen LogP contribution in [0.15, 0.2) is 23.0 Å². The van der Waals surface area contributed by atoms with Crippen LogP contribution < -0.4 is 5.73 Å². The van der Waals surface area contributed by atoms with Gasteiger partial charge in [0.2, 0.25) is 0 Å². The summed E-state index contributed by atoms with van der Waals surface area (Å²) in [6, 6.07) is 4.60. The molecule has 1 aliphatic heterocycles. The summed E-state index contributed by atoms with van der Waals surface area (Å²) in [6.45, 7) is 3.09. The number of aromatic nitrogens is 7. The number of nitrogens with zero attached hydrogens (tertiary/aromatic N) is 9. The van der Waals surface area contributed by atoms with Gasteiger partial charge in [-0.15, -0.1) is 11.3 Å². The number of nitrogens with two attached hydrogens (primary N) is 1. The summed E-state index contributed by atoms with van der Waals surface area (Å²) in [5.41, 5.74) is 10.4. The Balaban J connectivity index is 1.31. The molecule has 5 aromatic heterocycles. The van der Waals surface area contributed by atoms with Gasteiger partial charge in [-0.3, -0.25) is 0 Å². The number of rotatable bonds is 5. The number of likely N-dealkylation sites (N-methyl/N-ethyl adjacent to an activating group) is 1. The number of aryl methyl sites for hydroxylation is 1. The van der Waals surface area contributed by atoms with Gasteiger partial charge in [0.25, 0.3) is 0 Å². The second-order valence-electron chi connectivity index (χ2n) is 12.4. The Labute approximate surface area is 258 Å². The van der Waals surface area contributed by atoms with Gasteiger partial charge in [-0.05, 0) is 83.5 Å². The Hall–Kier alpha value is -4.12. The molecule has 12 nitrogen and oxygen atoms in total. The molecule has 3 atom stereocenters. The lowest BCUT2D eigenvalue weighted by molar-refractivity contribution is 0.232. The first-order valence-corrected chi connectivity index (χ1v) is 16.2. The van der Waals surface area contributed by atoms with Gasteiger partial charge in [-0.1, -0.05) is 5.16 Å². The fraction of sp³-hybridized carbons (Fsp3) is 0.484. The van der Waals surface area contributed by atoms with Crippen LogP contribution in [0.1, 0.15) is 84.5 Å². The van der Waals surface area contributed by atoms with Crippen LogP contribution >= 0.6 is 11.3 Å². The van der Waals surface area contributed by atoms with Gasteiger partial charge in [-0.2, -0.15) is 15.5 Å². The quantitative estimate of drug-likeness (QED) is 0.294. The van der Waals surface area contributed by atoms with Crippen molar-refractivity contribution in [1.29, 1.82) is 5.26 Å². The zero-order valence-corrected chi connectivity index (χ0v) is 25.6. The summed E-state index contributed by atoms with van der Waals surface area (Å²) in [4.78, 5) is 13.7. The van der Waals surface area contributed by atoms with E-state index in [4.69, 9.17) is 25.3 Å². The van der Waals surface area contributed by atoms with Crippen molar-refractivity contribution in [2.45, 2.75) is 82.4 Å². The maximum atomic E-state index is 10.1. The molecule has 8 rings (SSSR count). The molecule has 1 spiro atoms. The molecule has 0 radical (unpaired) electrons. The molecule has 0 unspecified atom stereocenters. The number of hydrogen-bond donors (Lipinski definition) is 2. The van der Waals surface area contributed by atoms with Crippen LogP contribution in [0, 0.1) is 11.3 Å². The Morgan fingerprint density at radius 3 is 2.84 bits per heavy atom. The normalized spacial score (nSPS) is 22.4. The zero-order chi connectivity index (χ0) is 30.2. The molecule has 0 aromatic carbocycles. The number of fused-ring (bicyclic) bond motifs is 5. The van der Waals surface area contributed by atoms with Gasteiger partial charge in [0.1, 0.15) is 11.1 Å². The molecule has 3 aliphatic rings. The number of aliphatic hydroxyl groups excluding tert-OH is 1. The van der Waals surface area contributed by atoms with Crippen molar-refractivity contribution in [3.05, 3.63) is 51.5 Å². The predicted octanol–water partition coefficient (Wildman–Crippen LogP) is 4.29. The molecule has 0 amide bonds. The number of thiophene rings is 1. The molecule has 6 heterocycles. The van der Waals surface area contributed by atoms with Crippen molar-refractivity contribution >= 4 is 27.4 Å². The van der Waals surface area contributed by atoms with Gasteiger partial charge in [0.05, 0.1) is 40.9 Å². The van der Waals surface area contributed by atoms with E-state index >= 15 is 0 Å². The minimum absolute atomic E-state index is 0.0878. The lowest BCUT2D eigenvalue weighted by Crippen LogP contribution is -2.35. The van der Waals surface area contributed by atoms with E-state index in [1.165, 1.54) is 16.2 Å². The van der Waals surface area contributed by atoms with E-state index in [0.29, 0.717) is 45.3 Å². The molecule has 2 aliphatic carbocycles. The van der Waals surface area contributed by atoms with Crippen LogP contribution in [0.3, 0.4) is 0 Å². The first-order chi connectivity index (χ1) is 21.4. The van der Waals surface area contributed by atoms with Crippen molar-refractivity contribution in [1.82, 2.24) is 39.6 Å². The summed E-state index contributed by atoms with van der Waals surface area (Å²) < 4.78 is 9.95. The second-order valence-corrected chi connectivity index (χ2v) is 13.6. The molecule has 1 fully saturated rings. The van der Waals surface area contributed by atoms with Gasteiger partial charge in [0.15, 0.2) is 28.7 Å². The highest BCUT2D eigenvalue weighted by molar-refractivity contribution is 7.16. The lowest BCUT2D eigenvalue weighted by atomic mass is 9.63. The lowest BCUT2D eigenvalue weighted by Gasteiger charge is -2.39. The Morgan fingerprint density at radius 2 is 2.09 bits per heavy atom. The summed E-state index contributed by atoms with van der Waals surface area (Å²) in [7, 11) is 2.17. The van der Waals surface area contributed by atoms with E-state index in [9.17, 15) is 10.4 Å². The third-order valence-corrected chi connectivity index (χ3v) is 11.1. The van der Waals surface area contributed by atoms with Gasteiger partial charge in [0, 0.05) is 22.7 Å². The van der Waals surface area contributed by atoms with Crippen LogP contribution in [0.5, 0.6) is 0 Å². The highest BCUT2D eigenvalue weighted by Gasteiger charge is 2.49. The van der Waals surface area contributed by atoms with Crippen molar-refractivity contribution < 1.29 is 9.63 Å². The smallest absolute Gasteiger partial charge is 0.186 e. The van der Waals surface area contributed by atoms with E-state index in [1.807, 2.05) is 4.68 Å². The molecular formula is C31H34N10O2S. The van der Waals surface area contributed by atoms with Crippen LogP contribution in [-0.2, 0) is 24.9 Å². The molecular weight excluding hydrogens is 576 g/mol. The number of nitrogen functional groups attached to an aromatic ring is 1.